The third kappa shape index (κ3) is 9.00. The molecular weight excluding hydrogens is 422 g/mol. The number of hydrogen-bond donors (Lipinski definition) is 7. The number of nitrogens with one attached hydrogen (secondary N) is 3. The van der Waals surface area contributed by atoms with E-state index < -0.39 is 53.8 Å². The van der Waals surface area contributed by atoms with Crippen molar-refractivity contribution in [3.8, 4) is 5.75 Å². The van der Waals surface area contributed by atoms with E-state index in [2.05, 4.69) is 16.0 Å². The summed E-state index contributed by atoms with van der Waals surface area (Å²) < 4.78 is 0. The lowest BCUT2D eigenvalue weighted by molar-refractivity contribution is -0.142. The Balaban J connectivity index is 2.71. The van der Waals surface area contributed by atoms with E-state index in [1.54, 1.807) is 12.1 Å². The molecule has 0 aliphatic rings. The summed E-state index contributed by atoms with van der Waals surface area (Å²) in [6, 6.07) is 1.63. The molecule has 0 saturated heterocycles. The first-order valence-electron chi connectivity index (χ1n) is 9.86. The Labute approximate surface area is 184 Å². The highest BCUT2D eigenvalue weighted by Gasteiger charge is 2.27. The number of nitrogens with two attached hydrogens (primary N) is 2. The van der Waals surface area contributed by atoms with Crippen LogP contribution in [-0.2, 0) is 30.4 Å². The van der Waals surface area contributed by atoms with Crippen LogP contribution in [0.1, 0.15) is 32.3 Å². The molecule has 4 unspecified atom stereocenters. The smallest absolute Gasteiger partial charge is 0.325 e. The van der Waals surface area contributed by atoms with Gasteiger partial charge < -0.3 is 37.6 Å². The Morgan fingerprint density at radius 2 is 1.47 bits per heavy atom. The number of phenolic OH excluding ortho intramolecular Hbond substituents is 1. The Morgan fingerprint density at radius 1 is 0.906 bits per heavy atom. The molecule has 176 valence electrons. The van der Waals surface area contributed by atoms with Crippen LogP contribution in [0.4, 0.5) is 0 Å². The maximum atomic E-state index is 12.5. The van der Waals surface area contributed by atoms with Crippen molar-refractivity contribution in [2.75, 3.05) is 0 Å². The molecule has 1 aromatic carbocycles. The fraction of sp³-hybridized carbons (Fsp3) is 0.450. The zero-order valence-corrected chi connectivity index (χ0v) is 17.8. The Hall–Kier alpha value is -3.67. The number of amides is 4. The Kier molecular flexibility index (Phi) is 10.1. The van der Waals surface area contributed by atoms with Crippen molar-refractivity contribution in [1.29, 1.82) is 0 Å². The van der Waals surface area contributed by atoms with Gasteiger partial charge in [-0.3, -0.25) is 24.0 Å². The van der Waals surface area contributed by atoms with Crippen LogP contribution in [0, 0.1) is 0 Å². The number of hydrogen-bond acceptors (Lipinski definition) is 7. The van der Waals surface area contributed by atoms with Crippen molar-refractivity contribution in [3.63, 3.8) is 0 Å². The fourth-order valence-electron chi connectivity index (χ4n) is 2.59. The van der Waals surface area contributed by atoms with Gasteiger partial charge in [0.25, 0.3) is 0 Å². The quantitative estimate of drug-likeness (QED) is 0.190. The number of aromatic hydroxyl groups is 1. The minimum atomic E-state index is -1.28. The van der Waals surface area contributed by atoms with Gasteiger partial charge in [-0.15, -0.1) is 0 Å². The number of carbonyl (C=O) groups excluding carboxylic acids is 4. The van der Waals surface area contributed by atoms with Gasteiger partial charge in [-0.1, -0.05) is 12.1 Å². The molecule has 12 nitrogen and oxygen atoms in total. The molecule has 0 bridgehead atoms. The van der Waals surface area contributed by atoms with E-state index in [4.69, 9.17) is 16.6 Å². The van der Waals surface area contributed by atoms with Gasteiger partial charge >= 0.3 is 5.97 Å². The second kappa shape index (κ2) is 12.2. The van der Waals surface area contributed by atoms with Gasteiger partial charge in [-0.05, 0) is 44.4 Å². The largest absolute Gasteiger partial charge is 0.508 e. The molecule has 0 saturated carbocycles. The molecule has 0 spiro atoms. The third-order valence-corrected chi connectivity index (χ3v) is 4.52. The van der Waals surface area contributed by atoms with Gasteiger partial charge in [0.15, 0.2) is 0 Å². The number of carboxylic acid groups (broad SMARTS) is 1. The zero-order chi connectivity index (χ0) is 24.4. The number of benzene rings is 1. The van der Waals surface area contributed by atoms with Gasteiger partial charge in [-0.2, -0.15) is 0 Å². The van der Waals surface area contributed by atoms with E-state index in [0.717, 1.165) is 0 Å². The average molecular weight is 451 g/mol. The third-order valence-electron chi connectivity index (χ3n) is 4.52. The number of carboxylic acids is 1. The summed E-state index contributed by atoms with van der Waals surface area (Å²) >= 11 is 0. The first-order valence-corrected chi connectivity index (χ1v) is 9.86. The first kappa shape index (κ1) is 26.4. The van der Waals surface area contributed by atoms with E-state index in [-0.39, 0.29) is 25.0 Å². The molecule has 0 fully saturated rings. The van der Waals surface area contributed by atoms with Crippen molar-refractivity contribution >= 4 is 29.6 Å². The summed E-state index contributed by atoms with van der Waals surface area (Å²) in [7, 11) is 0. The number of carbonyl (C=O) groups is 5. The van der Waals surface area contributed by atoms with Crippen LogP contribution >= 0.6 is 0 Å². The highest BCUT2D eigenvalue weighted by atomic mass is 16.4. The van der Waals surface area contributed by atoms with Crippen LogP contribution in [0.15, 0.2) is 24.3 Å². The topological polar surface area (TPSA) is 214 Å². The van der Waals surface area contributed by atoms with Crippen molar-refractivity contribution in [2.45, 2.75) is 57.3 Å². The van der Waals surface area contributed by atoms with Crippen molar-refractivity contribution < 1.29 is 34.2 Å². The summed E-state index contributed by atoms with van der Waals surface area (Å²) in [5.74, 6) is -4.06. The predicted molar refractivity (Wildman–Crippen MR) is 113 cm³/mol. The monoisotopic (exact) mass is 451 g/mol. The molecule has 0 aromatic heterocycles. The van der Waals surface area contributed by atoms with E-state index in [1.165, 1.54) is 26.0 Å². The maximum absolute atomic E-state index is 12.5. The van der Waals surface area contributed by atoms with Crippen LogP contribution in [0.2, 0.25) is 0 Å². The average Bonchev–Trinajstić information content (AvgIpc) is 2.71. The SMILES string of the molecule is CC(NC(=O)C(CCC(N)=O)NC(=O)C(C)NC(=O)C(N)Cc1ccc(O)cc1)C(=O)O. The standard InChI is InChI=1S/C20H29N5O7/c1-10(23-18(29)14(21)9-12-3-5-13(26)6-4-12)17(28)25-15(7-8-16(22)27)19(30)24-11(2)20(31)32/h3-6,10-11,14-15,26H,7-9,21H2,1-2H3,(H2,22,27)(H,23,29)(H,24,30)(H,25,28)(H,31,32). The van der Waals surface area contributed by atoms with Crippen LogP contribution in [-0.4, -0.2) is 64.0 Å². The fourth-order valence-corrected chi connectivity index (χ4v) is 2.59. The van der Waals surface area contributed by atoms with Crippen LogP contribution < -0.4 is 27.4 Å². The predicted octanol–water partition coefficient (Wildman–Crippen LogP) is -1.89. The van der Waals surface area contributed by atoms with Crippen LogP contribution in [0.25, 0.3) is 0 Å². The summed E-state index contributed by atoms with van der Waals surface area (Å²) in [5.41, 5.74) is 11.7. The summed E-state index contributed by atoms with van der Waals surface area (Å²) in [5, 5.41) is 25.2. The number of aliphatic carboxylic acids is 1. The minimum absolute atomic E-state index is 0.0738. The van der Waals surface area contributed by atoms with E-state index in [0.29, 0.717) is 5.56 Å². The molecule has 0 aliphatic carbocycles. The number of phenols is 1. The van der Waals surface area contributed by atoms with Gasteiger partial charge in [0.05, 0.1) is 6.04 Å². The molecule has 4 atom stereocenters. The maximum Gasteiger partial charge on any atom is 0.325 e. The second-order valence-corrected chi connectivity index (χ2v) is 7.34. The molecule has 1 rings (SSSR count). The van der Waals surface area contributed by atoms with Crippen molar-refractivity contribution in [2.24, 2.45) is 11.5 Å². The molecule has 1 aromatic rings. The van der Waals surface area contributed by atoms with Crippen molar-refractivity contribution in [3.05, 3.63) is 29.8 Å². The minimum Gasteiger partial charge on any atom is -0.508 e. The summed E-state index contributed by atoms with van der Waals surface area (Å²) in [6.07, 6.45) is -0.213. The van der Waals surface area contributed by atoms with Crippen molar-refractivity contribution in [1.82, 2.24) is 16.0 Å². The molecule has 9 N–H and O–H groups in total. The van der Waals surface area contributed by atoms with Gasteiger partial charge in [0, 0.05) is 6.42 Å². The molecule has 0 heterocycles. The van der Waals surface area contributed by atoms with Gasteiger partial charge in [0.1, 0.15) is 23.9 Å². The van der Waals surface area contributed by atoms with Crippen LogP contribution in [0.3, 0.4) is 0 Å². The normalized spacial score (nSPS) is 14.3. The highest BCUT2D eigenvalue weighted by Crippen LogP contribution is 2.11. The first-order chi connectivity index (χ1) is 14.9. The molecule has 12 heteroatoms. The van der Waals surface area contributed by atoms with E-state index in [9.17, 15) is 29.1 Å². The number of rotatable bonds is 12. The molecule has 4 amide bonds. The lowest BCUT2D eigenvalue weighted by Gasteiger charge is -2.22. The molecule has 32 heavy (non-hydrogen) atoms. The summed E-state index contributed by atoms with van der Waals surface area (Å²) in [4.78, 5) is 59.1. The second-order valence-electron chi connectivity index (χ2n) is 7.34. The van der Waals surface area contributed by atoms with Gasteiger partial charge in [0.2, 0.25) is 23.6 Å². The Bertz CT molecular complexity index is 843. The lowest BCUT2D eigenvalue weighted by Crippen LogP contribution is -2.56. The molecule has 0 aliphatic heterocycles. The Morgan fingerprint density at radius 3 is 2.00 bits per heavy atom. The zero-order valence-electron chi connectivity index (χ0n) is 17.8. The van der Waals surface area contributed by atoms with Gasteiger partial charge in [-0.25, -0.2) is 0 Å². The summed E-state index contributed by atoms with van der Waals surface area (Å²) in [6.45, 7) is 2.62. The molecular formula is C20H29N5O7. The van der Waals surface area contributed by atoms with E-state index >= 15 is 0 Å². The number of primary amides is 1. The van der Waals surface area contributed by atoms with E-state index in [1.807, 2.05) is 0 Å². The lowest BCUT2D eigenvalue weighted by atomic mass is 10.1. The molecule has 0 radical (unpaired) electrons. The highest BCUT2D eigenvalue weighted by molar-refractivity contribution is 5.94. The van der Waals surface area contributed by atoms with Crippen LogP contribution in [0.5, 0.6) is 5.75 Å².